The maximum atomic E-state index is 12.8. The number of aliphatic hydroxyl groups is 1. The molecule has 1 aliphatic rings. The number of aryl methyl sites for hydroxylation is 1. The Morgan fingerprint density at radius 2 is 2.16 bits per heavy atom. The number of halogens is 1. The van der Waals surface area contributed by atoms with Crippen LogP contribution in [0.25, 0.3) is 0 Å². The molecule has 1 aromatic carbocycles. The van der Waals surface area contributed by atoms with Crippen molar-refractivity contribution in [2.24, 2.45) is 5.73 Å². The summed E-state index contributed by atoms with van der Waals surface area (Å²) in [6.07, 6.45) is 2.13. The molecule has 0 spiro atoms. The Bertz CT molecular complexity index is 449. The lowest BCUT2D eigenvalue weighted by Crippen LogP contribution is -2.53. The molecule has 19 heavy (non-hydrogen) atoms. The van der Waals surface area contributed by atoms with E-state index in [1.165, 1.54) is 12.1 Å². The molecule has 5 heteroatoms. The van der Waals surface area contributed by atoms with Crippen LogP contribution in [0.15, 0.2) is 24.3 Å². The van der Waals surface area contributed by atoms with Gasteiger partial charge < -0.3 is 16.2 Å². The van der Waals surface area contributed by atoms with Gasteiger partial charge in [0, 0.05) is 6.42 Å². The molecule has 1 heterocycles. The van der Waals surface area contributed by atoms with Crippen LogP contribution < -0.4 is 11.1 Å². The van der Waals surface area contributed by atoms with Crippen molar-refractivity contribution < 1.29 is 14.3 Å². The van der Waals surface area contributed by atoms with Crippen LogP contribution in [0.5, 0.6) is 0 Å². The zero-order valence-corrected chi connectivity index (χ0v) is 10.7. The van der Waals surface area contributed by atoms with Crippen molar-refractivity contribution in [1.82, 2.24) is 5.32 Å². The summed E-state index contributed by atoms with van der Waals surface area (Å²) in [6, 6.07) is 5.78. The van der Waals surface area contributed by atoms with E-state index in [4.69, 9.17) is 5.73 Å². The lowest BCUT2D eigenvalue weighted by atomic mass is 9.83. The largest absolute Gasteiger partial charge is 0.390 e. The molecule has 0 aromatic heterocycles. The Balaban J connectivity index is 1.93. The van der Waals surface area contributed by atoms with Gasteiger partial charge in [-0.25, -0.2) is 4.39 Å². The molecule has 0 saturated carbocycles. The van der Waals surface area contributed by atoms with Gasteiger partial charge >= 0.3 is 0 Å². The van der Waals surface area contributed by atoms with Gasteiger partial charge in [0.15, 0.2) is 0 Å². The maximum absolute atomic E-state index is 12.8. The number of primary amides is 1. The number of benzene rings is 1. The van der Waals surface area contributed by atoms with Crippen molar-refractivity contribution in [3.05, 3.63) is 35.6 Å². The van der Waals surface area contributed by atoms with Crippen molar-refractivity contribution >= 4 is 5.91 Å². The van der Waals surface area contributed by atoms with Crippen LogP contribution in [-0.4, -0.2) is 29.2 Å². The third-order valence-electron chi connectivity index (χ3n) is 3.70. The van der Waals surface area contributed by atoms with E-state index in [9.17, 15) is 14.3 Å². The Morgan fingerprint density at radius 3 is 2.79 bits per heavy atom. The molecule has 2 unspecified atom stereocenters. The van der Waals surface area contributed by atoms with Crippen molar-refractivity contribution in [3.63, 3.8) is 0 Å². The van der Waals surface area contributed by atoms with Gasteiger partial charge in [0.1, 0.15) is 5.82 Å². The molecule has 4 nitrogen and oxygen atoms in total. The van der Waals surface area contributed by atoms with Crippen molar-refractivity contribution in [3.8, 4) is 0 Å². The summed E-state index contributed by atoms with van der Waals surface area (Å²) in [4.78, 5) is 11.2. The number of nitrogens with one attached hydrogen (secondary N) is 1. The number of carbonyl (C=O) groups excluding carboxylic acids is 1. The fraction of sp³-hybridized carbons (Fsp3) is 0.500. The number of hydrogen-bond acceptors (Lipinski definition) is 3. The van der Waals surface area contributed by atoms with Crippen molar-refractivity contribution in [2.75, 3.05) is 6.54 Å². The molecule has 4 N–H and O–H groups in total. The Morgan fingerprint density at radius 1 is 1.47 bits per heavy atom. The maximum Gasteiger partial charge on any atom is 0.234 e. The molecule has 1 aliphatic heterocycles. The van der Waals surface area contributed by atoms with Gasteiger partial charge in [-0.15, -0.1) is 0 Å². The Hall–Kier alpha value is -1.46. The summed E-state index contributed by atoms with van der Waals surface area (Å²) < 4.78 is 12.8. The fourth-order valence-electron chi connectivity index (χ4n) is 2.49. The molecule has 104 valence electrons. The average Bonchev–Trinajstić information content (AvgIpc) is 2.38. The molecule has 1 amide bonds. The quantitative estimate of drug-likeness (QED) is 0.752. The normalized spacial score (nSPS) is 27.2. The lowest BCUT2D eigenvalue weighted by Gasteiger charge is -2.36. The molecule has 0 aliphatic carbocycles. The molecular weight excluding hydrogens is 247 g/mol. The monoisotopic (exact) mass is 266 g/mol. The van der Waals surface area contributed by atoms with Crippen LogP contribution in [0.1, 0.15) is 24.8 Å². The highest BCUT2D eigenvalue weighted by atomic mass is 19.1. The van der Waals surface area contributed by atoms with Crippen LogP contribution >= 0.6 is 0 Å². The van der Waals surface area contributed by atoms with Gasteiger partial charge in [-0.3, -0.25) is 4.79 Å². The number of rotatable bonds is 4. The molecule has 1 aromatic rings. The average molecular weight is 266 g/mol. The van der Waals surface area contributed by atoms with Gasteiger partial charge in [0.05, 0.1) is 11.6 Å². The highest BCUT2D eigenvalue weighted by molar-refractivity contribution is 5.80. The Labute approximate surface area is 111 Å². The van der Waals surface area contributed by atoms with Gasteiger partial charge in [0.2, 0.25) is 5.91 Å². The molecular formula is C14H19FN2O2. The second-order valence-corrected chi connectivity index (χ2v) is 5.21. The van der Waals surface area contributed by atoms with Crippen LogP contribution in [0.3, 0.4) is 0 Å². The first-order chi connectivity index (χ1) is 8.98. The molecule has 1 fully saturated rings. The van der Waals surface area contributed by atoms with Gasteiger partial charge in [0.25, 0.3) is 0 Å². The third-order valence-corrected chi connectivity index (χ3v) is 3.70. The fourth-order valence-corrected chi connectivity index (χ4v) is 2.49. The van der Waals surface area contributed by atoms with E-state index in [0.29, 0.717) is 32.2 Å². The van der Waals surface area contributed by atoms with Crippen molar-refractivity contribution in [1.29, 1.82) is 0 Å². The zero-order valence-electron chi connectivity index (χ0n) is 10.7. The zero-order chi connectivity index (χ0) is 13.9. The minimum Gasteiger partial charge on any atom is -0.390 e. The second kappa shape index (κ2) is 5.67. The van der Waals surface area contributed by atoms with E-state index >= 15 is 0 Å². The number of carbonyl (C=O) groups is 1. The second-order valence-electron chi connectivity index (χ2n) is 5.21. The van der Waals surface area contributed by atoms with Crippen molar-refractivity contribution in [2.45, 2.75) is 37.3 Å². The predicted molar refractivity (Wildman–Crippen MR) is 69.9 cm³/mol. The first kappa shape index (κ1) is 14.0. The minimum atomic E-state index is -0.876. The summed E-state index contributed by atoms with van der Waals surface area (Å²) in [5.74, 6) is -0.696. The van der Waals surface area contributed by atoms with E-state index < -0.39 is 17.6 Å². The third kappa shape index (κ3) is 3.75. The van der Waals surface area contributed by atoms with E-state index in [0.717, 1.165) is 5.56 Å². The highest BCUT2D eigenvalue weighted by Gasteiger charge is 2.35. The van der Waals surface area contributed by atoms with E-state index in [1.54, 1.807) is 12.1 Å². The summed E-state index contributed by atoms with van der Waals surface area (Å²) in [7, 11) is 0. The van der Waals surface area contributed by atoms with Crippen LogP contribution in [0, 0.1) is 5.82 Å². The summed E-state index contributed by atoms with van der Waals surface area (Å²) in [5.41, 5.74) is 5.36. The van der Waals surface area contributed by atoms with Crippen LogP contribution in [0.4, 0.5) is 4.39 Å². The number of amides is 1. The highest BCUT2D eigenvalue weighted by Crippen LogP contribution is 2.27. The van der Waals surface area contributed by atoms with E-state index in [2.05, 4.69) is 5.32 Å². The first-order valence-corrected chi connectivity index (χ1v) is 6.48. The summed E-state index contributed by atoms with van der Waals surface area (Å²) >= 11 is 0. The molecule has 2 atom stereocenters. The SMILES string of the molecule is NC(=O)C1CC(O)(CCc2ccc(F)cc2)CCN1. The van der Waals surface area contributed by atoms with Gasteiger partial charge in [-0.2, -0.15) is 0 Å². The van der Waals surface area contributed by atoms with Crippen LogP contribution in [-0.2, 0) is 11.2 Å². The summed E-state index contributed by atoms with van der Waals surface area (Å²) in [6.45, 7) is 0.577. The topological polar surface area (TPSA) is 75.4 Å². The smallest absolute Gasteiger partial charge is 0.234 e. The molecule has 0 bridgehead atoms. The molecule has 1 saturated heterocycles. The molecule has 0 radical (unpaired) electrons. The minimum absolute atomic E-state index is 0.266. The van der Waals surface area contributed by atoms with Gasteiger partial charge in [-0.1, -0.05) is 12.1 Å². The summed E-state index contributed by atoms with van der Waals surface area (Å²) in [5, 5.41) is 13.5. The lowest BCUT2D eigenvalue weighted by molar-refractivity contribution is -0.123. The van der Waals surface area contributed by atoms with Crippen LogP contribution in [0.2, 0.25) is 0 Å². The Kier molecular flexibility index (Phi) is 4.17. The van der Waals surface area contributed by atoms with E-state index in [-0.39, 0.29) is 5.82 Å². The standard InChI is InChI=1S/C14H19FN2O2/c15-11-3-1-10(2-4-11)5-6-14(19)7-8-17-12(9-14)13(16)18/h1-4,12,17,19H,5-9H2,(H2,16,18). The first-order valence-electron chi connectivity index (χ1n) is 6.48. The van der Waals surface area contributed by atoms with E-state index in [1.807, 2.05) is 0 Å². The predicted octanol–water partition coefficient (Wildman–Crippen LogP) is 0.727. The number of nitrogens with two attached hydrogens (primary N) is 1. The van der Waals surface area contributed by atoms with Gasteiger partial charge in [-0.05, 0) is 43.5 Å². The number of piperidine rings is 1. The number of hydrogen-bond donors (Lipinski definition) is 3. The molecule has 2 rings (SSSR count).